The number of piperidine rings is 1. The van der Waals surface area contributed by atoms with Crippen LogP contribution in [0, 0.1) is 0 Å². The third kappa shape index (κ3) is 8.06. The number of hydrogen-bond donors (Lipinski definition) is 1. The molecule has 1 atom stereocenters. The smallest absolute Gasteiger partial charge is 0.317 e. The zero-order valence-corrected chi connectivity index (χ0v) is 32.0. The Hall–Kier alpha value is -4.10. The molecule has 0 spiro atoms. The quantitative estimate of drug-likeness (QED) is 0.274. The van der Waals surface area contributed by atoms with E-state index in [-0.39, 0.29) is 23.8 Å². The molecule has 1 N–H and O–H groups in total. The number of carboxylic acids is 1. The summed E-state index contributed by atoms with van der Waals surface area (Å²) in [5.41, 5.74) is 1.30. The molecule has 0 aliphatic carbocycles. The molecule has 284 valence electrons. The fourth-order valence-electron chi connectivity index (χ4n) is 8.25. The molecule has 3 saturated heterocycles. The number of methoxy groups -OCH3 is 3. The highest BCUT2D eigenvalue weighted by Crippen LogP contribution is 2.44. The number of rotatable bonds is 12. The van der Waals surface area contributed by atoms with E-state index in [0.29, 0.717) is 98.1 Å². The molecule has 2 aromatic carbocycles. The van der Waals surface area contributed by atoms with Gasteiger partial charge in [-0.25, -0.2) is 0 Å². The van der Waals surface area contributed by atoms with Crippen molar-refractivity contribution >= 4 is 41.0 Å². The van der Waals surface area contributed by atoms with Crippen LogP contribution in [-0.4, -0.2) is 134 Å². The SMILES string of the molecule is COc1cc(C(=O)N2CC[C@](CCN3CCC(C(=O)N4CCN(CC(=O)O)CC4)(c4cccnc4)CC3)(c3ccc(Cl)c(Cl)c3)C2)cc(OC)c1OC. The predicted molar refractivity (Wildman–Crippen MR) is 202 cm³/mol. The molecular formula is C39H47Cl2N5O7. The van der Waals surface area contributed by atoms with E-state index in [4.69, 9.17) is 37.4 Å². The van der Waals surface area contributed by atoms with Crippen LogP contribution in [0.4, 0.5) is 0 Å². The molecule has 12 nitrogen and oxygen atoms in total. The molecule has 0 radical (unpaired) electrons. The zero-order valence-electron chi connectivity index (χ0n) is 30.5. The van der Waals surface area contributed by atoms with Crippen LogP contribution in [0.2, 0.25) is 10.0 Å². The van der Waals surface area contributed by atoms with Gasteiger partial charge in [-0.05, 0) is 86.8 Å². The van der Waals surface area contributed by atoms with Crippen LogP contribution in [0.3, 0.4) is 0 Å². The number of carbonyl (C=O) groups excluding carboxylic acids is 2. The maximum absolute atomic E-state index is 14.4. The van der Waals surface area contributed by atoms with E-state index in [2.05, 4.69) is 9.88 Å². The minimum absolute atomic E-state index is 0.0225. The second-order valence-corrected chi connectivity index (χ2v) is 15.0. The first-order chi connectivity index (χ1) is 25.5. The van der Waals surface area contributed by atoms with Crippen LogP contribution >= 0.6 is 23.2 Å². The summed E-state index contributed by atoms with van der Waals surface area (Å²) in [4.78, 5) is 52.1. The summed E-state index contributed by atoms with van der Waals surface area (Å²) in [5, 5.41) is 10.2. The molecule has 3 aliphatic heterocycles. The van der Waals surface area contributed by atoms with Gasteiger partial charge in [0.05, 0.1) is 43.3 Å². The van der Waals surface area contributed by atoms with E-state index < -0.39 is 11.4 Å². The first kappa shape index (κ1) is 38.6. The first-order valence-electron chi connectivity index (χ1n) is 17.9. The standard InChI is InChI=1S/C39H47Cl2N5O7/c1-51-32-21-27(22-33(52-2)35(32)53-3)36(49)46-16-9-38(26-46,28-6-7-30(40)31(41)23-28)8-13-43-14-10-39(11-15-43,29-5-4-12-42-24-29)37(50)45-19-17-44(18-20-45)25-34(47)48/h4-7,12,21-24H,8-11,13-20,25-26H2,1-3H3,(H,47,48)/t38-/m0/s1. The molecule has 3 fully saturated rings. The number of aliphatic carboxylic acids is 1. The molecular weight excluding hydrogens is 721 g/mol. The Morgan fingerprint density at radius 2 is 1.49 bits per heavy atom. The van der Waals surface area contributed by atoms with Crippen LogP contribution in [-0.2, 0) is 20.4 Å². The Morgan fingerprint density at radius 3 is 2.08 bits per heavy atom. The molecule has 3 aliphatic rings. The van der Waals surface area contributed by atoms with Crippen LogP contribution in [0.5, 0.6) is 17.2 Å². The van der Waals surface area contributed by atoms with Gasteiger partial charge in [-0.1, -0.05) is 35.3 Å². The molecule has 2 amide bonds. The number of aromatic nitrogens is 1. The lowest BCUT2D eigenvalue weighted by atomic mass is 9.71. The molecule has 0 unspecified atom stereocenters. The third-order valence-electron chi connectivity index (χ3n) is 11.3. The molecule has 0 bridgehead atoms. The number of carbonyl (C=O) groups is 3. The lowest BCUT2D eigenvalue weighted by molar-refractivity contribution is -0.142. The molecule has 6 rings (SSSR count). The Labute approximate surface area is 320 Å². The highest BCUT2D eigenvalue weighted by Gasteiger charge is 2.47. The van der Waals surface area contributed by atoms with Crippen molar-refractivity contribution in [2.24, 2.45) is 0 Å². The molecule has 14 heteroatoms. The van der Waals surface area contributed by atoms with E-state index >= 15 is 0 Å². The summed E-state index contributed by atoms with van der Waals surface area (Å²) in [6.45, 7) is 5.25. The number of hydrogen-bond acceptors (Lipinski definition) is 9. The number of amides is 2. The maximum Gasteiger partial charge on any atom is 0.317 e. The Bertz CT molecular complexity index is 1770. The topological polar surface area (TPSA) is 125 Å². The Balaban J connectivity index is 1.19. The number of likely N-dealkylation sites (tertiary alicyclic amines) is 2. The average molecular weight is 769 g/mol. The van der Waals surface area contributed by atoms with Gasteiger partial charge in [0.25, 0.3) is 5.91 Å². The Morgan fingerprint density at radius 1 is 0.792 bits per heavy atom. The van der Waals surface area contributed by atoms with E-state index in [1.807, 2.05) is 51.2 Å². The third-order valence-corrected chi connectivity index (χ3v) is 12.1. The molecule has 0 saturated carbocycles. The van der Waals surface area contributed by atoms with Gasteiger partial charge >= 0.3 is 5.97 Å². The minimum atomic E-state index is -0.861. The number of benzene rings is 2. The summed E-state index contributed by atoms with van der Waals surface area (Å²) in [6.07, 6.45) is 6.31. The molecule has 4 heterocycles. The normalized spacial score (nSPS) is 20.6. The van der Waals surface area contributed by atoms with Crippen molar-refractivity contribution in [1.29, 1.82) is 0 Å². The number of ether oxygens (including phenoxy) is 3. The predicted octanol–water partition coefficient (Wildman–Crippen LogP) is 4.85. The van der Waals surface area contributed by atoms with Crippen molar-refractivity contribution < 1.29 is 33.7 Å². The Kier molecular flexibility index (Phi) is 12.0. The molecule has 3 aromatic rings. The number of nitrogens with zero attached hydrogens (tertiary/aromatic N) is 5. The van der Waals surface area contributed by atoms with Crippen LogP contribution in [0.1, 0.15) is 47.2 Å². The van der Waals surface area contributed by atoms with Gasteiger partial charge < -0.3 is 34.0 Å². The lowest BCUT2D eigenvalue weighted by Crippen LogP contribution is -2.58. The highest BCUT2D eigenvalue weighted by atomic mass is 35.5. The van der Waals surface area contributed by atoms with Crippen molar-refractivity contribution in [3.63, 3.8) is 0 Å². The van der Waals surface area contributed by atoms with Gasteiger partial charge in [0.2, 0.25) is 11.7 Å². The van der Waals surface area contributed by atoms with Gasteiger partial charge in [-0.2, -0.15) is 0 Å². The van der Waals surface area contributed by atoms with Gasteiger partial charge in [-0.15, -0.1) is 0 Å². The highest BCUT2D eigenvalue weighted by molar-refractivity contribution is 6.42. The second-order valence-electron chi connectivity index (χ2n) is 14.2. The van der Waals surface area contributed by atoms with Gasteiger partial charge in [0.15, 0.2) is 11.5 Å². The van der Waals surface area contributed by atoms with Gasteiger partial charge in [-0.3, -0.25) is 24.3 Å². The van der Waals surface area contributed by atoms with Crippen molar-refractivity contribution in [1.82, 2.24) is 24.6 Å². The van der Waals surface area contributed by atoms with Crippen LogP contribution in [0.25, 0.3) is 0 Å². The van der Waals surface area contributed by atoms with Crippen LogP contribution < -0.4 is 14.2 Å². The maximum atomic E-state index is 14.4. The summed E-state index contributed by atoms with van der Waals surface area (Å²) < 4.78 is 16.5. The lowest BCUT2D eigenvalue weighted by Gasteiger charge is -2.45. The summed E-state index contributed by atoms with van der Waals surface area (Å²) in [7, 11) is 4.58. The number of piperazine rings is 1. The van der Waals surface area contributed by atoms with E-state index in [9.17, 15) is 19.5 Å². The largest absolute Gasteiger partial charge is 0.493 e. The van der Waals surface area contributed by atoms with E-state index in [1.54, 1.807) is 18.3 Å². The summed E-state index contributed by atoms with van der Waals surface area (Å²) in [5.74, 6) is 0.345. The molecule has 53 heavy (non-hydrogen) atoms. The number of halogens is 2. The van der Waals surface area contributed by atoms with Crippen molar-refractivity contribution in [3.8, 4) is 17.2 Å². The number of carboxylic acid groups (broad SMARTS) is 1. The summed E-state index contributed by atoms with van der Waals surface area (Å²) >= 11 is 12.9. The molecule has 1 aromatic heterocycles. The van der Waals surface area contributed by atoms with Gasteiger partial charge in [0, 0.05) is 62.6 Å². The van der Waals surface area contributed by atoms with Crippen LogP contribution in [0.15, 0.2) is 54.9 Å². The minimum Gasteiger partial charge on any atom is -0.493 e. The van der Waals surface area contributed by atoms with Gasteiger partial charge in [0.1, 0.15) is 0 Å². The van der Waals surface area contributed by atoms with Crippen molar-refractivity contribution in [3.05, 3.63) is 81.6 Å². The monoisotopic (exact) mass is 767 g/mol. The van der Waals surface area contributed by atoms with Crippen molar-refractivity contribution in [2.75, 3.05) is 86.8 Å². The van der Waals surface area contributed by atoms with E-state index in [0.717, 1.165) is 30.5 Å². The zero-order chi connectivity index (χ0) is 37.8. The average Bonchev–Trinajstić information content (AvgIpc) is 3.63. The van der Waals surface area contributed by atoms with E-state index in [1.165, 1.54) is 21.3 Å². The van der Waals surface area contributed by atoms with Crippen molar-refractivity contribution in [2.45, 2.75) is 36.5 Å². The first-order valence-corrected chi connectivity index (χ1v) is 18.7. The number of pyridine rings is 1. The second kappa shape index (κ2) is 16.5. The summed E-state index contributed by atoms with van der Waals surface area (Å²) in [6, 6.07) is 13.0. The fourth-order valence-corrected chi connectivity index (χ4v) is 8.55. The fraction of sp³-hybridized carbons (Fsp3) is 0.487.